The van der Waals surface area contributed by atoms with E-state index in [1.165, 1.54) is 5.56 Å². The molecule has 0 aliphatic heterocycles. The van der Waals surface area contributed by atoms with Crippen molar-refractivity contribution in [2.75, 3.05) is 0 Å². The largest absolute Gasteiger partial charge is 0.354 e. The third-order valence-electron chi connectivity index (χ3n) is 5.93. The molecule has 5 heteroatoms. The average molecular weight is 422 g/mol. The van der Waals surface area contributed by atoms with Crippen LogP contribution in [-0.2, 0) is 5.41 Å². The van der Waals surface area contributed by atoms with E-state index in [4.69, 9.17) is 0 Å². The smallest absolute Gasteiger partial charge is 0.279 e. The summed E-state index contributed by atoms with van der Waals surface area (Å²) in [4.78, 5) is 19.6. The maximum Gasteiger partial charge on any atom is 0.279 e. The number of pyridine rings is 1. The zero-order valence-corrected chi connectivity index (χ0v) is 18.2. The average Bonchev–Trinajstić information content (AvgIpc) is 3.16. The van der Waals surface area contributed by atoms with Gasteiger partial charge in [0.15, 0.2) is 0 Å². The molecule has 0 bridgehead atoms. The van der Waals surface area contributed by atoms with E-state index in [1.807, 2.05) is 66.9 Å². The van der Waals surface area contributed by atoms with Gasteiger partial charge >= 0.3 is 0 Å². The molecule has 0 fully saturated rings. The Balaban J connectivity index is 1.75. The van der Waals surface area contributed by atoms with Crippen LogP contribution >= 0.6 is 0 Å². The fraction of sp³-hybridized carbons (Fsp3) is 0.148. The molecular formula is C27H23N3O2. The molecule has 32 heavy (non-hydrogen) atoms. The molecule has 0 aliphatic carbocycles. The molecule has 5 rings (SSSR count). The quantitative estimate of drug-likeness (QED) is 0.246. The Bertz CT molecular complexity index is 1490. The van der Waals surface area contributed by atoms with E-state index < -0.39 is 0 Å². The van der Waals surface area contributed by atoms with Crippen LogP contribution in [0.1, 0.15) is 26.3 Å². The number of para-hydroxylation sites is 1. The van der Waals surface area contributed by atoms with Crippen molar-refractivity contribution >= 4 is 27.5 Å². The normalized spacial score (nSPS) is 11.8. The first kappa shape index (κ1) is 19.9. The minimum atomic E-state index is -0.314. The van der Waals surface area contributed by atoms with Crippen LogP contribution in [0.2, 0.25) is 0 Å². The number of aromatic amines is 1. The van der Waals surface area contributed by atoms with Crippen LogP contribution in [0.25, 0.3) is 44.2 Å². The van der Waals surface area contributed by atoms with E-state index in [2.05, 4.69) is 36.8 Å². The predicted molar refractivity (Wildman–Crippen MR) is 130 cm³/mol. The summed E-state index contributed by atoms with van der Waals surface area (Å²) in [5, 5.41) is 14.0. The minimum absolute atomic E-state index is 0.00400. The molecule has 2 heterocycles. The number of benzene rings is 3. The monoisotopic (exact) mass is 421 g/mol. The Hall–Kier alpha value is -3.99. The van der Waals surface area contributed by atoms with Gasteiger partial charge in [0.2, 0.25) is 0 Å². The van der Waals surface area contributed by atoms with Crippen molar-refractivity contribution in [1.29, 1.82) is 0 Å². The lowest BCUT2D eigenvalue weighted by molar-refractivity contribution is -0.384. The zero-order valence-electron chi connectivity index (χ0n) is 18.2. The van der Waals surface area contributed by atoms with Crippen LogP contribution in [-0.4, -0.2) is 14.9 Å². The van der Waals surface area contributed by atoms with Gasteiger partial charge in [-0.2, -0.15) is 0 Å². The van der Waals surface area contributed by atoms with Crippen molar-refractivity contribution in [2.24, 2.45) is 0 Å². The second-order valence-corrected chi connectivity index (χ2v) is 9.07. The minimum Gasteiger partial charge on any atom is -0.354 e. The Morgan fingerprint density at radius 3 is 2.44 bits per heavy atom. The lowest BCUT2D eigenvalue weighted by Crippen LogP contribution is -2.11. The summed E-state index contributed by atoms with van der Waals surface area (Å²) in [7, 11) is 0. The van der Waals surface area contributed by atoms with Gasteiger partial charge < -0.3 is 4.98 Å². The molecular weight excluding hydrogens is 398 g/mol. The van der Waals surface area contributed by atoms with Gasteiger partial charge in [-0.15, -0.1) is 0 Å². The fourth-order valence-corrected chi connectivity index (χ4v) is 4.24. The highest BCUT2D eigenvalue weighted by Gasteiger charge is 2.22. The SMILES string of the molecule is CC(C)(C)c1ccnc(-c2cccc(-c3c([N+](=O)[O-])ccc4c3[nH]c3ccccc34)c2)c1. The lowest BCUT2D eigenvalue weighted by atomic mass is 9.87. The van der Waals surface area contributed by atoms with Crippen molar-refractivity contribution in [3.05, 3.63) is 94.7 Å². The number of nitro groups is 1. The van der Waals surface area contributed by atoms with Crippen molar-refractivity contribution in [3.8, 4) is 22.4 Å². The summed E-state index contributed by atoms with van der Waals surface area (Å²) in [6.45, 7) is 6.51. The molecule has 0 saturated heterocycles. The maximum atomic E-state index is 11.9. The number of nitrogens with zero attached hydrogens (tertiary/aromatic N) is 2. The first-order chi connectivity index (χ1) is 15.3. The molecule has 0 unspecified atom stereocenters. The van der Waals surface area contributed by atoms with Crippen molar-refractivity contribution in [2.45, 2.75) is 26.2 Å². The van der Waals surface area contributed by atoms with E-state index >= 15 is 0 Å². The first-order valence-electron chi connectivity index (χ1n) is 10.6. The van der Waals surface area contributed by atoms with Crippen LogP contribution in [0.5, 0.6) is 0 Å². The van der Waals surface area contributed by atoms with Gasteiger partial charge in [-0.05, 0) is 46.9 Å². The molecule has 2 aromatic heterocycles. The summed E-state index contributed by atoms with van der Waals surface area (Å²) in [6.07, 6.45) is 1.82. The number of rotatable bonds is 3. The van der Waals surface area contributed by atoms with Gasteiger partial charge in [0, 0.05) is 34.1 Å². The van der Waals surface area contributed by atoms with Gasteiger partial charge in [0.1, 0.15) is 0 Å². The lowest BCUT2D eigenvalue weighted by Gasteiger charge is -2.19. The van der Waals surface area contributed by atoms with Crippen molar-refractivity contribution < 1.29 is 4.92 Å². The molecule has 0 amide bonds. The highest BCUT2D eigenvalue weighted by atomic mass is 16.6. The van der Waals surface area contributed by atoms with E-state index in [1.54, 1.807) is 6.07 Å². The van der Waals surface area contributed by atoms with Crippen LogP contribution < -0.4 is 0 Å². The van der Waals surface area contributed by atoms with Crippen LogP contribution in [0.3, 0.4) is 0 Å². The second-order valence-electron chi connectivity index (χ2n) is 9.07. The van der Waals surface area contributed by atoms with Crippen molar-refractivity contribution in [3.63, 3.8) is 0 Å². The van der Waals surface area contributed by atoms with E-state index in [9.17, 15) is 10.1 Å². The van der Waals surface area contributed by atoms with Gasteiger partial charge in [0.25, 0.3) is 5.69 Å². The summed E-state index contributed by atoms with van der Waals surface area (Å²) in [6, 6.07) is 23.3. The van der Waals surface area contributed by atoms with Gasteiger partial charge in [-0.25, -0.2) is 0 Å². The molecule has 0 saturated carbocycles. The van der Waals surface area contributed by atoms with E-state index in [0.29, 0.717) is 5.56 Å². The number of hydrogen-bond acceptors (Lipinski definition) is 3. The number of nitrogens with one attached hydrogen (secondary N) is 1. The number of H-pyrrole nitrogens is 1. The number of nitro benzene ring substituents is 1. The summed E-state index contributed by atoms with van der Waals surface area (Å²) >= 11 is 0. The molecule has 0 aliphatic rings. The van der Waals surface area contributed by atoms with Crippen molar-refractivity contribution in [1.82, 2.24) is 9.97 Å². The Labute approximate surface area is 185 Å². The molecule has 158 valence electrons. The highest BCUT2D eigenvalue weighted by molar-refractivity contribution is 6.13. The van der Waals surface area contributed by atoms with Gasteiger partial charge in [0.05, 0.1) is 21.7 Å². The predicted octanol–water partition coefficient (Wildman–Crippen LogP) is 7.26. The van der Waals surface area contributed by atoms with Crippen LogP contribution in [0.4, 0.5) is 5.69 Å². The van der Waals surface area contributed by atoms with Gasteiger partial charge in [-0.3, -0.25) is 15.1 Å². The highest BCUT2D eigenvalue weighted by Crippen LogP contribution is 2.40. The Morgan fingerprint density at radius 1 is 0.875 bits per heavy atom. The van der Waals surface area contributed by atoms with Gasteiger partial charge in [-0.1, -0.05) is 57.2 Å². The molecule has 5 aromatic rings. The number of hydrogen-bond donors (Lipinski definition) is 1. The molecule has 0 radical (unpaired) electrons. The third-order valence-corrected chi connectivity index (χ3v) is 5.93. The van der Waals surface area contributed by atoms with E-state index in [0.717, 1.165) is 38.6 Å². The number of aromatic nitrogens is 2. The van der Waals surface area contributed by atoms with E-state index in [-0.39, 0.29) is 16.0 Å². The fourth-order valence-electron chi connectivity index (χ4n) is 4.24. The molecule has 3 aromatic carbocycles. The molecule has 0 atom stereocenters. The molecule has 1 N–H and O–H groups in total. The Kier molecular flexibility index (Phi) is 4.55. The number of fused-ring (bicyclic) bond motifs is 3. The van der Waals surface area contributed by atoms with Crippen LogP contribution in [0, 0.1) is 10.1 Å². The third kappa shape index (κ3) is 3.32. The second kappa shape index (κ2) is 7.31. The Morgan fingerprint density at radius 2 is 1.66 bits per heavy atom. The zero-order chi connectivity index (χ0) is 22.5. The molecule has 5 nitrogen and oxygen atoms in total. The summed E-state index contributed by atoms with van der Waals surface area (Å²) in [5.74, 6) is 0. The maximum absolute atomic E-state index is 11.9. The van der Waals surface area contributed by atoms with Crippen LogP contribution in [0.15, 0.2) is 79.0 Å². The standard InChI is InChI=1S/C27H23N3O2/c1-27(2,3)19-13-14-28-23(16-19)17-7-6-8-18(15-17)25-24(30(31)32)12-11-21-20-9-4-5-10-22(20)29-26(21)25/h4-16,29H,1-3H3. The first-order valence-corrected chi connectivity index (χ1v) is 10.6. The molecule has 0 spiro atoms. The topological polar surface area (TPSA) is 71.8 Å². The summed E-state index contributed by atoms with van der Waals surface area (Å²) in [5.41, 5.74) is 6.17. The summed E-state index contributed by atoms with van der Waals surface area (Å²) < 4.78 is 0.